The van der Waals surface area contributed by atoms with Crippen molar-refractivity contribution in [3.8, 4) is 0 Å². The molecule has 0 bridgehead atoms. The van der Waals surface area contributed by atoms with E-state index in [2.05, 4.69) is 20.0 Å². The Labute approximate surface area is 127 Å². The molecule has 0 spiro atoms. The summed E-state index contributed by atoms with van der Waals surface area (Å²) in [5.74, 6) is 0. The zero-order valence-electron chi connectivity index (χ0n) is 11.5. The lowest BCUT2D eigenvalue weighted by atomic mass is 10.4. The number of thiophene rings is 1. The van der Waals surface area contributed by atoms with Crippen LogP contribution in [0.3, 0.4) is 0 Å². The maximum absolute atomic E-state index is 12.4. The van der Waals surface area contributed by atoms with Crippen LogP contribution in [0.4, 0.5) is 5.69 Å². The van der Waals surface area contributed by atoms with Crippen molar-refractivity contribution in [1.82, 2.24) is 15.3 Å². The predicted octanol–water partition coefficient (Wildman–Crippen LogP) is 1.90. The van der Waals surface area contributed by atoms with E-state index in [9.17, 15) is 8.42 Å². The first-order chi connectivity index (χ1) is 10.0. The van der Waals surface area contributed by atoms with Crippen molar-refractivity contribution in [2.45, 2.75) is 37.2 Å². The fraction of sp³-hybridized carbons (Fsp3) is 0.385. The first-order valence-corrected chi connectivity index (χ1v) is 8.95. The summed E-state index contributed by atoms with van der Waals surface area (Å²) in [6.07, 6.45) is 6.65. The minimum atomic E-state index is -3.59. The van der Waals surface area contributed by atoms with E-state index in [1.54, 1.807) is 6.07 Å². The van der Waals surface area contributed by atoms with Gasteiger partial charge in [-0.05, 0) is 25.8 Å². The second kappa shape index (κ2) is 5.70. The third kappa shape index (κ3) is 3.58. The highest BCUT2D eigenvalue weighted by atomic mass is 32.2. The van der Waals surface area contributed by atoms with Gasteiger partial charge in [-0.25, -0.2) is 18.4 Å². The highest BCUT2D eigenvalue weighted by Crippen LogP contribution is 2.28. The molecule has 8 heteroatoms. The third-order valence-electron chi connectivity index (χ3n) is 3.17. The topological polar surface area (TPSA) is 84.0 Å². The Morgan fingerprint density at radius 1 is 1.33 bits per heavy atom. The van der Waals surface area contributed by atoms with Crippen molar-refractivity contribution in [2.24, 2.45) is 0 Å². The van der Waals surface area contributed by atoms with Gasteiger partial charge in [-0.2, -0.15) is 0 Å². The number of anilines is 1. The molecule has 1 aliphatic carbocycles. The lowest BCUT2D eigenvalue weighted by molar-refractivity contribution is 0.601. The van der Waals surface area contributed by atoms with Crippen LogP contribution in [0.15, 0.2) is 29.7 Å². The zero-order chi connectivity index (χ0) is 14.9. The van der Waals surface area contributed by atoms with Crippen LogP contribution in [0.5, 0.6) is 0 Å². The lowest BCUT2D eigenvalue weighted by Crippen LogP contribution is -2.15. The average molecular weight is 324 g/mol. The van der Waals surface area contributed by atoms with E-state index in [1.807, 2.05) is 6.92 Å². The van der Waals surface area contributed by atoms with Gasteiger partial charge in [-0.3, -0.25) is 4.72 Å². The molecule has 1 fully saturated rings. The molecule has 3 rings (SSSR count). The first-order valence-electron chi connectivity index (χ1n) is 6.65. The SMILES string of the molecule is Cc1sc(CNC2CC2)cc1S(=O)(=O)Nc1cncnc1. The summed E-state index contributed by atoms with van der Waals surface area (Å²) >= 11 is 1.51. The van der Waals surface area contributed by atoms with Crippen molar-refractivity contribution in [3.63, 3.8) is 0 Å². The van der Waals surface area contributed by atoms with Crippen molar-refractivity contribution >= 4 is 27.0 Å². The summed E-state index contributed by atoms with van der Waals surface area (Å²) in [7, 11) is -3.59. The summed E-state index contributed by atoms with van der Waals surface area (Å²) in [4.78, 5) is 9.74. The van der Waals surface area contributed by atoms with Crippen molar-refractivity contribution in [1.29, 1.82) is 0 Å². The highest BCUT2D eigenvalue weighted by Gasteiger charge is 2.23. The van der Waals surface area contributed by atoms with Gasteiger partial charge in [0.1, 0.15) is 11.2 Å². The first kappa shape index (κ1) is 14.4. The van der Waals surface area contributed by atoms with Crippen LogP contribution in [-0.2, 0) is 16.6 Å². The molecule has 0 amide bonds. The second-order valence-corrected chi connectivity index (χ2v) is 8.01. The van der Waals surface area contributed by atoms with Crippen LogP contribution >= 0.6 is 11.3 Å². The number of nitrogens with one attached hydrogen (secondary N) is 2. The lowest BCUT2D eigenvalue weighted by Gasteiger charge is -2.06. The Hall–Kier alpha value is -1.51. The molecular weight excluding hydrogens is 308 g/mol. The van der Waals surface area contributed by atoms with E-state index >= 15 is 0 Å². The summed E-state index contributed by atoms with van der Waals surface area (Å²) < 4.78 is 27.3. The van der Waals surface area contributed by atoms with E-state index in [0.717, 1.165) is 16.3 Å². The molecule has 2 aromatic rings. The molecule has 0 radical (unpaired) electrons. The maximum atomic E-state index is 12.4. The molecule has 2 heterocycles. The van der Waals surface area contributed by atoms with E-state index in [0.29, 0.717) is 16.6 Å². The van der Waals surface area contributed by atoms with Gasteiger partial charge in [-0.1, -0.05) is 0 Å². The smallest absolute Gasteiger partial charge is 0.263 e. The fourth-order valence-corrected chi connectivity index (χ4v) is 4.59. The molecule has 2 aromatic heterocycles. The molecule has 112 valence electrons. The predicted molar refractivity (Wildman–Crippen MR) is 81.8 cm³/mol. The van der Waals surface area contributed by atoms with Crippen LogP contribution in [0, 0.1) is 6.92 Å². The Morgan fingerprint density at radius 3 is 2.71 bits per heavy atom. The fourth-order valence-electron chi connectivity index (χ4n) is 1.97. The molecule has 0 aliphatic heterocycles. The summed E-state index contributed by atoms with van der Waals surface area (Å²) in [5.41, 5.74) is 0.362. The minimum absolute atomic E-state index is 0.323. The third-order valence-corrected chi connectivity index (χ3v) is 5.86. The highest BCUT2D eigenvalue weighted by molar-refractivity contribution is 7.93. The molecule has 21 heavy (non-hydrogen) atoms. The van der Waals surface area contributed by atoms with Gasteiger partial charge in [0.15, 0.2) is 0 Å². The Morgan fingerprint density at radius 2 is 2.05 bits per heavy atom. The molecule has 0 atom stereocenters. The number of hydrogen-bond acceptors (Lipinski definition) is 6. The number of rotatable bonds is 6. The van der Waals surface area contributed by atoms with Crippen molar-refractivity contribution < 1.29 is 8.42 Å². The second-order valence-electron chi connectivity index (χ2n) is 5.02. The summed E-state index contributed by atoms with van der Waals surface area (Å²) in [6.45, 7) is 2.54. The number of sulfonamides is 1. The summed E-state index contributed by atoms with van der Waals surface area (Å²) in [5, 5.41) is 3.39. The van der Waals surface area contributed by atoms with Crippen LogP contribution < -0.4 is 10.0 Å². The largest absolute Gasteiger partial charge is 0.309 e. The van der Waals surface area contributed by atoms with Crippen molar-refractivity contribution in [2.75, 3.05) is 4.72 Å². The van der Waals surface area contributed by atoms with Crippen LogP contribution in [0.1, 0.15) is 22.6 Å². The summed E-state index contributed by atoms with van der Waals surface area (Å²) in [6, 6.07) is 2.34. The molecule has 0 saturated heterocycles. The molecular formula is C13H16N4O2S2. The van der Waals surface area contributed by atoms with E-state index in [4.69, 9.17) is 0 Å². The van der Waals surface area contributed by atoms with E-state index in [-0.39, 0.29) is 0 Å². The minimum Gasteiger partial charge on any atom is -0.309 e. The Balaban J connectivity index is 1.77. The molecule has 6 nitrogen and oxygen atoms in total. The Kier molecular flexibility index (Phi) is 3.92. The van der Waals surface area contributed by atoms with Crippen molar-refractivity contribution in [3.05, 3.63) is 34.5 Å². The van der Waals surface area contributed by atoms with Gasteiger partial charge in [-0.15, -0.1) is 11.3 Å². The number of aromatic nitrogens is 2. The van der Waals surface area contributed by atoms with E-state index in [1.165, 1.54) is 42.9 Å². The zero-order valence-corrected chi connectivity index (χ0v) is 13.2. The van der Waals surface area contributed by atoms with Gasteiger partial charge in [0.05, 0.1) is 18.1 Å². The average Bonchev–Trinajstić information content (AvgIpc) is 3.19. The van der Waals surface area contributed by atoms with Gasteiger partial charge in [0, 0.05) is 22.3 Å². The number of nitrogens with zero attached hydrogens (tertiary/aromatic N) is 2. The van der Waals surface area contributed by atoms with Crippen LogP contribution in [-0.4, -0.2) is 24.4 Å². The van der Waals surface area contributed by atoms with E-state index < -0.39 is 10.0 Å². The molecule has 1 saturated carbocycles. The monoisotopic (exact) mass is 324 g/mol. The van der Waals surface area contributed by atoms with Crippen LogP contribution in [0.2, 0.25) is 0 Å². The molecule has 0 aromatic carbocycles. The maximum Gasteiger partial charge on any atom is 0.263 e. The van der Waals surface area contributed by atoms with Gasteiger partial charge in [0.25, 0.3) is 10.0 Å². The normalized spacial score (nSPS) is 15.1. The van der Waals surface area contributed by atoms with Crippen LogP contribution in [0.25, 0.3) is 0 Å². The Bertz CT molecular complexity index is 724. The number of hydrogen-bond donors (Lipinski definition) is 2. The standard InChI is InChI=1S/C13H16N4O2S2/c1-9-13(4-12(20-9)7-16-10-2-3-10)21(18,19)17-11-5-14-8-15-6-11/h4-6,8,10,16-17H,2-3,7H2,1H3. The molecule has 1 aliphatic rings. The van der Waals surface area contributed by atoms with Gasteiger partial charge in [0.2, 0.25) is 0 Å². The quantitative estimate of drug-likeness (QED) is 0.848. The molecule has 0 unspecified atom stereocenters. The van der Waals surface area contributed by atoms with Gasteiger partial charge >= 0.3 is 0 Å². The molecule has 2 N–H and O–H groups in total. The number of aryl methyl sites for hydroxylation is 1. The van der Waals surface area contributed by atoms with Gasteiger partial charge < -0.3 is 5.32 Å².